The van der Waals surface area contributed by atoms with E-state index in [1.54, 1.807) is 6.92 Å². The van der Waals surface area contributed by atoms with Gasteiger partial charge in [0.05, 0.1) is 10.2 Å². The van der Waals surface area contributed by atoms with Crippen molar-refractivity contribution in [3.8, 4) is 0 Å². The fourth-order valence-corrected chi connectivity index (χ4v) is 3.91. The normalized spacial score (nSPS) is 23.6. The molecule has 2 fully saturated rings. The number of carbonyl (C=O) groups excluding carboxylic acids is 3. The number of urea groups is 1. The Morgan fingerprint density at radius 1 is 1.42 bits per heavy atom. The first-order valence-corrected chi connectivity index (χ1v) is 8.58. The Labute approximate surface area is 142 Å². The fraction of sp³-hybridized carbons (Fsp3) is 0.375. The predicted octanol–water partition coefficient (Wildman–Crippen LogP) is 1.96. The summed E-state index contributed by atoms with van der Waals surface area (Å²) in [5, 5.41) is 5.85. The molecular formula is C16H16N4O3S. The van der Waals surface area contributed by atoms with Crippen LogP contribution < -0.4 is 10.6 Å². The van der Waals surface area contributed by atoms with Crippen LogP contribution in [0.1, 0.15) is 19.8 Å². The van der Waals surface area contributed by atoms with E-state index in [-0.39, 0.29) is 18.4 Å². The first kappa shape index (κ1) is 15.1. The van der Waals surface area contributed by atoms with Crippen molar-refractivity contribution >= 4 is 44.5 Å². The minimum Gasteiger partial charge on any atom is -0.323 e. The summed E-state index contributed by atoms with van der Waals surface area (Å²) in [4.78, 5) is 42.1. The minimum atomic E-state index is -0.868. The number of fused-ring (bicyclic) bond motifs is 1. The second-order valence-corrected chi connectivity index (χ2v) is 7.36. The van der Waals surface area contributed by atoms with Gasteiger partial charge >= 0.3 is 6.03 Å². The number of nitrogens with zero attached hydrogens (tertiary/aromatic N) is 2. The summed E-state index contributed by atoms with van der Waals surface area (Å²) in [6.07, 6.45) is 1.85. The number of hydrogen-bond acceptors (Lipinski definition) is 5. The standard InChI is InChI=1S/C16H16N4O3S/c1-16(9-6-7-9)13(22)20(15(23)19-16)8-12(21)18-14-17-10-4-2-3-5-11(10)24-14/h2-5,9H,6-8H2,1H3,(H,19,23)(H,17,18,21)/t16-/m1/s1. The number of para-hydroxylation sites is 1. The molecule has 124 valence electrons. The number of anilines is 1. The van der Waals surface area contributed by atoms with Crippen LogP contribution in [-0.2, 0) is 9.59 Å². The Balaban J connectivity index is 1.46. The lowest BCUT2D eigenvalue weighted by Crippen LogP contribution is -2.46. The molecule has 1 aromatic heterocycles. The first-order chi connectivity index (χ1) is 11.5. The van der Waals surface area contributed by atoms with Gasteiger partial charge in [-0.15, -0.1) is 0 Å². The van der Waals surface area contributed by atoms with Gasteiger partial charge in [-0.05, 0) is 37.8 Å². The van der Waals surface area contributed by atoms with E-state index in [4.69, 9.17) is 0 Å². The van der Waals surface area contributed by atoms with Gasteiger partial charge in [-0.1, -0.05) is 23.5 Å². The van der Waals surface area contributed by atoms with Crippen molar-refractivity contribution in [2.24, 2.45) is 5.92 Å². The van der Waals surface area contributed by atoms with Gasteiger partial charge in [-0.25, -0.2) is 9.78 Å². The summed E-state index contributed by atoms with van der Waals surface area (Å²) in [7, 11) is 0. The molecule has 0 bridgehead atoms. The van der Waals surface area contributed by atoms with E-state index < -0.39 is 17.5 Å². The lowest BCUT2D eigenvalue weighted by molar-refractivity contribution is -0.134. The van der Waals surface area contributed by atoms with Crippen molar-refractivity contribution in [1.82, 2.24) is 15.2 Å². The molecule has 7 nitrogen and oxygen atoms in total. The summed E-state index contributed by atoms with van der Waals surface area (Å²) in [5.41, 5.74) is -0.0677. The van der Waals surface area contributed by atoms with E-state index in [1.165, 1.54) is 11.3 Å². The Bertz CT molecular complexity index is 827. The first-order valence-electron chi connectivity index (χ1n) is 7.77. The van der Waals surface area contributed by atoms with Crippen LogP contribution >= 0.6 is 11.3 Å². The molecule has 4 amide bonds. The zero-order chi connectivity index (χ0) is 16.9. The van der Waals surface area contributed by atoms with Crippen LogP contribution in [0.4, 0.5) is 9.93 Å². The zero-order valence-electron chi connectivity index (χ0n) is 13.0. The SMILES string of the molecule is C[C@]1(C2CC2)NC(=O)N(CC(=O)Nc2nc3ccccc3s2)C1=O. The number of amides is 4. The Kier molecular flexibility index (Phi) is 3.31. The number of carbonyl (C=O) groups is 3. The zero-order valence-corrected chi connectivity index (χ0v) is 13.9. The number of imide groups is 1. The van der Waals surface area contributed by atoms with Gasteiger partial charge in [0.15, 0.2) is 5.13 Å². The highest BCUT2D eigenvalue weighted by Crippen LogP contribution is 2.42. The number of rotatable bonds is 4. The summed E-state index contributed by atoms with van der Waals surface area (Å²) in [6.45, 7) is 1.43. The molecule has 2 aromatic rings. The summed E-state index contributed by atoms with van der Waals surface area (Å²) < 4.78 is 0.962. The molecule has 8 heteroatoms. The van der Waals surface area contributed by atoms with E-state index in [9.17, 15) is 14.4 Å². The number of benzene rings is 1. The Hall–Kier alpha value is -2.48. The Morgan fingerprint density at radius 3 is 2.88 bits per heavy atom. The molecule has 24 heavy (non-hydrogen) atoms. The van der Waals surface area contributed by atoms with Crippen molar-refractivity contribution in [3.05, 3.63) is 24.3 Å². The van der Waals surface area contributed by atoms with Gasteiger partial charge in [0.25, 0.3) is 5.91 Å². The maximum absolute atomic E-state index is 12.5. The van der Waals surface area contributed by atoms with Gasteiger partial charge in [-0.2, -0.15) is 0 Å². The lowest BCUT2D eigenvalue weighted by atomic mass is 9.96. The van der Waals surface area contributed by atoms with Gasteiger partial charge in [0, 0.05) is 0 Å². The topological polar surface area (TPSA) is 91.4 Å². The maximum atomic E-state index is 12.5. The van der Waals surface area contributed by atoms with Gasteiger partial charge < -0.3 is 10.6 Å². The molecule has 1 aliphatic heterocycles. The third-order valence-corrected chi connectivity index (χ3v) is 5.49. The van der Waals surface area contributed by atoms with E-state index in [0.717, 1.165) is 28.0 Å². The van der Waals surface area contributed by atoms with Crippen LogP contribution in [-0.4, -0.2) is 39.8 Å². The predicted molar refractivity (Wildman–Crippen MR) is 89.6 cm³/mol. The molecular weight excluding hydrogens is 328 g/mol. The van der Waals surface area contributed by atoms with Gasteiger partial charge in [0.2, 0.25) is 5.91 Å². The molecule has 2 N–H and O–H groups in total. The van der Waals surface area contributed by atoms with Crippen LogP contribution in [0.2, 0.25) is 0 Å². The summed E-state index contributed by atoms with van der Waals surface area (Å²) in [6, 6.07) is 7.05. The van der Waals surface area contributed by atoms with Gasteiger partial charge in [-0.3, -0.25) is 14.5 Å². The maximum Gasteiger partial charge on any atom is 0.325 e. The monoisotopic (exact) mass is 344 g/mol. The Morgan fingerprint density at radius 2 is 2.17 bits per heavy atom. The quantitative estimate of drug-likeness (QED) is 0.830. The van der Waals surface area contributed by atoms with E-state index in [2.05, 4.69) is 15.6 Å². The highest BCUT2D eigenvalue weighted by atomic mass is 32.1. The molecule has 2 aliphatic rings. The molecule has 0 spiro atoms. The highest BCUT2D eigenvalue weighted by Gasteiger charge is 2.56. The number of thiazole rings is 1. The second kappa shape index (κ2) is 5.27. The van der Waals surface area contributed by atoms with Crippen LogP contribution in [0.3, 0.4) is 0 Å². The average Bonchev–Trinajstić information content (AvgIpc) is 3.28. The molecule has 4 rings (SSSR count). The van der Waals surface area contributed by atoms with Crippen molar-refractivity contribution < 1.29 is 14.4 Å². The van der Waals surface area contributed by atoms with E-state index in [0.29, 0.717) is 5.13 Å². The van der Waals surface area contributed by atoms with Crippen molar-refractivity contribution in [2.75, 3.05) is 11.9 Å². The fourth-order valence-electron chi connectivity index (χ4n) is 3.02. The molecule has 1 saturated carbocycles. The molecule has 2 heterocycles. The number of nitrogens with one attached hydrogen (secondary N) is 2. The molecule has 0 unspecified atom stereocenters. The van der Waals surface area contributed by atoms with E-state index in [1.807, 2.05) is 24.3 Å². The summed E-state index contributed by atoms with van der Waals surface area (Å²) in [5.74, 6) is -0.585. The number of aromatic nitrogens is 1. The molecule has 1 aliphatic carbocycles. The third-order valence-electron chi connectivity index (χ3n) is 4.54. The smallest absolute Gasteiger partial charge is 0.323 e. The van der Waals surface area contributed by atoms with Crippen LogP contribution in [0.25, 0.3) is 10.2 Å². The van der Waals surface area contributed by atoms with E-state index >= 15 is 0 Å². The third kappa shape index (κ3) is 2.43. The van der Waals surface area contributed by atoms with Crippen LogP contribution in [0.5, 0.6) is 0 Å². The van der Waals surface area contributed by atoms with Gasteiger partial charge in [0.1, 0.15) is 12.1 Å². The minimum absolute atomic E-state index is 0.172. The molecule has 1 atom stereocenters. The van der Waals surface area contributed by atoms with Crippen molar-refractivity contribution in [2.45, 2.75) is 25.3 Å². The average molecular weight is 344 g/mol. The van der Waals surface area contributed by atoms with Crippen LogP contribution in [0, 0.1) is 5.92 Å². The molecule has 1 aromatic carbocycles. The molecule has 1 saturated heterocycles. The number of hydrogen-bond donors (Lipinski definition) is 2. The van der Waals surface area contributed by atoms with Crippen LogP contribution in [0.15, 0.2) is 24.3 Å². The van der Waals surface area contributed by atoms with Crippen molar-refractivity contribution in [3.63, 3.8) is 0 Å². The highest BCUT2D eigenvalue weighted by molar-refractivity contribution is 7.22. The lowest BCUT2D eigenvalue weighted by Gasteiger charge is -2.20. The second-order valence-electron chi connectivity index (χ2n) is 6.33. The van der Waals surface area contributed by atoms with Crippen molar-refractivity contribution in [1.29, 1.82) is 0 Å². The largest absolute Gasteiger partial charge is 0.325 e. The summed E-state index contributed by atoms with van der Waals surface area (Å²) >= 11 is 1.35. The molecule has 0 radical (unpaired) electrons.